The average molecular weight is 636 g/mol. The van der Waals surface area contributed by atoms with Gasteiger partial charge in [0.25, 0.3) is 6.02 Å². The molecular formula is C34H43ClFN7O2. The van der Waals surface area contributed by atoms with Crippen molar-refractivity contribution < 1.29 is 9.13 Å². The molecule has 2 aromatic heterocycles. The van der Waals surface area contributed by atoms with Crippen LogP contribution < -0.4 is 17.2 Å². The van der Waals surface area contributed by atoms with E-state index in [4.69, 9.17) is 33.2 Å². The molecule has 45 heavy (non-hydrogen) atoms. The number of H-pyrrole nitrogens is 1. The van der Waals surface area contributed by atoms with Crippen LogP contribution in [0.15, 0.2) is 53.5 Å². The third-order valence-electron chi connectivity index (χ3n) is 8.64. The number of nitrogens with one attached hydrogen (secondary N) is 2. The Balaban J connectivity index is 1.38. The minimum Gasteiger partial charge on any atom is -0.466 e. The van der Waals surface area contributed by atoms with Crippen LogP contribution in [0.3, 0.4) is 0 Å². The second kappa shape index (κ2) is 14.6. The van der Waals surface area contributed by atoms with Gasteiger partial charge in [0, 0.05) is 35.3 Å². The number of aryl methyl sites for hydroxylation is 1. The first-order valence-electron chi connectivity index (χ1n) is 15.8. The summed E-state index contributed by atoms with van der Waals surface area (Å²) in [7, 11) is 0. The van der Waals surface area contributed by atoms with Crippen molar-refractivity contribution >= 4 is 28.7 Å². The van der Waals surface area contributed by atoms with Gasteiger partial charge in [-0.25, -0.2) is 9.18 Å². The Morgan fingerprint density at radius 3 is 2.73 bits per heavy atom. The Morgan fingerprint density at radius 1 is 1.24 bits per heavy atom. The maximum atomic E-state index is 15.2. The van der Waals surface area contributed by atoms with Gasteiger partial charge < -0.3 is 21.2 Å². The van der Waals surface area contributed by atoms with Crippen LogP contribution in [-0.4, -0.2) is 50.7 Å². The molecule has 0 saturated carbocycles. The summed E-state index contributed by atoms with van der Waals surface area (Å²) >= 11 is 6.27. The van der Waals surface area contributed by atoms with E-state index in [0.29, 0.717) is 40.6 Å². The summed E-state index contributed by atoms with van der Waals surface area (Å²) < 4.78 is 21.9. The SMILES string of the molecule is CCCN1[C@H](CCOC(=N)N)CCC[C@H]1c1ccc(-n2cc3cc(-c4cc(CCC[C@H](C)N)cc(Cl)c4F)[nH]c3nc2=O)cc1. The largest absolute Gasteiger partial charge is 0.466 e. The number of amidine groups is 1. The predicted octanol–water partition coefficient (Wildman–Crippen LogP) is 6.45. The Morgan fingerprint density at radius 2 is 2.02 bits per heavy atom. The summed E-state index contributed by atoms with van der Waals surface area (Å²) in [5, 5.41) is 8.09. The van der Waals surface area contributed by atoms with E-state index in [0.717, 1.165) is 63.5 Å². The summed E-state index contributed by atoms with van der Waals surface area (Å²) in [5.41, 5.74) is 14.9. The number of likely N-dealkylation sites (tertiary alicyclic amines) is 1. The topological polar surface area (TPSA) is 139 Å². The molecule has 0 spiro atoms. The van der Waals surface area contributed by atoms with E-state index in [2.05, 4.69) is 33.9 Å². The molecule has 11 heteroatoms. The standard InChI is InChI=1S/C34H43ClFN7O2/c1-3-15-42-25(14-16-45-33(38)39)8-5-9-30(42)23-10-12-26(13-11-23)43-20-24-19-29(40-32(24)41-34(43)44)27-17-22(7-4-6-21(2)37)18-28(35)31(27)36/h10-13,17-21,25,30H,3-9,14-16,37H2,1-2H3,(H3,38,39)(H,40,41,44)/t21-,25-,30-/m0/s1. The molecule has 4 aromatic rings. The molecule has 3 atom stereocenters. The van der Waals surface area contributed by atoms with Gasteiger partial charge in [0.05, 0.1) is 23.0 Å². The molecule has 6 N–H and O–H groups in total. The lowest BCUT2D eigenvalue weighted by Crippen LogP contribution is -2.43. The number of ether oxygens (including phenoxy) is 1. The first-order chi connectivity index (χ1) is 21.6. The number of nitrogens with zero attached hydrogens (tertiary/aromatic N) is 3. The number of aromatic amines is 1. The molecule has 1 aliphatic rings. The summed E-state index contributed by atoms with van der Waals surface area (Å²) in [5.74, 6) is -0.515. The maximum absolute atomic E-state index is 15.2. The molecule has 240 valence electrons. The van der Waals surface area contributed by atoms with Crippen molar-refractivity contribution in [3.63, 3.8) is 0 Å². The number of hydrogen-bond acceptors (Lipinski definition) is 6. The zero-order valence-electron chi connectivity index (χ0n) is 26.0. The van der Waals surface area contributed by atoms with Crippen LogP contribution in [0.5, 0.6) is 0 Å². The lowest BCUT2D eigenvalue weighted by molar-refractivity contribution is 0.0661. The van der Waals surface area contributed by atoms with Gasteiger partial charge in [-0.3, -0.25) is 14.9 Å². The van der Waals surface area contributed by atoms with E-state index < -0.39 is 11.5 Å². The van der Waals surface area contributed by atoms with E-state index in [1.54, 1.807) is 24.4 Å². The zero-order chi connectivity index (χ0) is 32.1. The highest BCUT2D eigenvalue weighted by atomic mass is 35.5. The molecule has 0 radical (unpaired) electrons. The minimum absolute atomic E-state index is 0.0563. The van der Waals surface area contributed by atoms with Crippen molar-refractivity contribution in [2.24, 2.45) is 11.5 Å². The Hall–Kier alpha value is -3.73. The normalized spacial score (nSPS) is 17.9. The Labute approximate surface area is 268 Å². The van der Waals surface area contributed by atoms with Gasteiger partial charge in [-0.05, 0) is 106 Å². The van der Waals surface area contributed by atoms with E-state index in [1.165, 1.54) is 10.1 Å². The molecule has 0 unspecified atom stereocenters. The summed E-state index contributed by atoms with van der Waals surface area (Å²) in [6.45, 7) is 5.55. The predicted molar refractivity (Wildman–Crippen MR) is 179 cm³/mol. The fourth-order valence-electron chi connectivity index (χ4n) is 6.50. The number of nitrogens with two attached hydrogens (primary N) is 2. The van der Waals surface area contributed by atoms with Crippen molar-refractivity contribution in [3.05, 3.63) is 81.1 Å². The maximum Gasteiger partial charge on any atom is 0.354 e. The van der Waals surface area contributed by atoms with Crippen molar-refractivity contribution in [1.29, 1.82) is 5.41 Å². The highest BCUT2D eigenvalue weighted by molar-refractivity contribution is 6.31. The molecule has 1 aliphatic heterocycles. The lowest BCUT2D eigenvalue weighted by atomic mass is 9.89. The number of halogens is 2. The smallest absolute Gasteiger partial charge is 0.354 e. The molecular weight excluding hydrogens is 593 g/mol. The molecule has 3 heterocycles. The van der Waals surface area contributed by atoms with Crippen molar-refractivity contribution in [2.45, 2.75) is 83.3 Å². The summed E-state index contributed by atoms with van der Waals surface area (Å²) in [6, 6.07) is 13.8. The summed E-state index contributed by atoms with van der Waals surface area (Å²) in [4.78, 5) is 23.1. The highest BCUT2D eigenvalue weighted by Crippen LogP contribution is 2.36. The monoisotopic (exact) mass is 635 g/mol. The quantitative estimate of drug-likeness (QED) is 0.104. The van der Waals surface area contributed by atoms with E-state index in [1.807, 2.05) is 19.1 Å². The highest BCUT2D eigenvalue weighted by Gasteiger charge is 2.31. The first kappa shape index (κ1) is 32.7. The van der Waals surface area contributed by atoms with Crippen molar-refractivity contribution in [1.82, 2.24) is 19.4 Å². The third-order valence-corrected chi connectivity index (χ3v) is 8.92. The van der Waals surface area contributed by atoms with Gasteiger partial charge in [-0.2, -0.15) is 4.98 Å². The van der Waals surface area contributed by atoms with Gasteiger partial charge >= 0.3 is 5.69 Å². The van der Waals surface area contributed by atoms with Crippen LogP contribution in [0, 0.1) is 11.2 Å². The van der Waals surface area contributed by atoms with Crippen LogP contribution in [0.1, 0.15) is 76.0 Å². The minimum atomic E-state index is -0.515. The van der Waals surface area contributed by atoms with Gasteiger partial charge in [0.2, 0.25) is 0 Å². The van der Waals surface area contributed by atoms with Gasteiger partial charge in [-0.1, -0.05) is 30.7 Å². The number of rotatable bonds is 12. The number of benzene rings is 2. The van der Waals surface area contributed by atoms with Crippen molar-refractivity contribution in [2.75, 3.05) is 13.2 Å². The van der Waals surface area contributed by atoms with Gasteiger partial charge in [-0.15, -0.1) is 0 Å². The van der Waals surface area contributed by atoms with Crippen LogP contribution >= 0.6 is 11.6 Å². The lowest BCUT2D eigenvalue weighted by Gasteiger charge is -2.42. The van der Waals surface area contributed by atoms with E-state index in [-0.39, 0.29) is 23.1 Å². The van der Waals surface area contributed by atoms with Crippen LogP contribution in [0.4, 0.5) is 4.39 Å². The molecule has 1 saturated heterocycles. The van der Waals surface area contributed by atoms with Crippen LogP contribution in [-0.2, 0) is 11.2 Å². The van der Waals surface area contributed by atoms with Gasteiger partial charge in [0.1, 0.15) is 5.65 Å². The molecule has 1 fully saturated rings. The molecule has 9 nitrogen and oxygen atoms in total. The first-order valence-corrected chi connectivity index (χ1v) is 16.2. The molecule has 0 aliphatic carbocycles. The Kier molecular flexibility index (Phi) is 10.6. The average Bonchev–Trinajstić information content (AvgIpc) is 3.41. The van der Waals surface area contributed by atoms with E-state index in [9.17, 15) is 4.79 Å². The van der Waals surface area contributed by atoms with Crippen molar-refractivity contribution in [3.8, 4) is 16.9 Å². The van der Waals surface area contributed by atoms with E-state index >= 15 is 4.39 Å². The molecule has 0 amide bonds. The third kappa shape index (κ3) is 7.74. The fraction of sp³-hybridized carbons (Fsp3) is 0.441. The van der Waals surface area contributed by atoms with Crippen LogP contribution in [0.25, 0.3) is 28.0 Å². The fourth-order valence-corrected chi connectivity index (χ4v) is 6.74. The molecule has 0 bridgehead atoms. The number of piperidine rings is 1. The number of fused-ring (bicyclic) bond motifs is 1. The second-order valence-electron chi connectivity index (χ2n) is 12.1. The molecule has 2 aromatic carbocycles. The number of aromatic nitrogens is 3. The molecule has 5 rings (SSSR count). The summed E-state index contributed by atoms with van der Waals surface area (Å²) in [6.07, 6.45) is 9.31. The van der Waals surface area contributed by atoms with Gasteiger partial charge in [0.15, 0.2) is 5.82 Å². The van der Waals surface area contributed by atoms with Crippen LogP contribution in [0.2, 0.25) is 5.02 Å². The number of hydrogen-bond donors (Lipinski definition) is 4. The second-order valence-corrected chi connectivity index (χ2v) is 12.5. The zero-order valence-corrected chi connectivity index (χ0v) is 26.7. The Bertz CT molecular complexity index is 1680.